The maximum Gasteiger partial charge on any atom is 0.279 e. The lowest BCUT2D eigenvalue weighted by Gasteiger charge is -2.35. The third-order valence-corrected chi connectivity index (χ3v) is 4.87. The van der Waals surface area contributed by atoms with Crippen molar-refractivity contribution < 1.29 is 19.1 Å². The molecule has 2 aromatic carbocycles. The van der Waals surface area contributed by atoms with Crippen molar-refractivity contribution in [1.82, 2.24) is 10.4 Å². The molecule has 2 aromatic rings. The Labute approximate surface area is 178 Å². The molecule has 0 aromatic heterocycles. The summed E-state index contributed by atoms with van der Waals surface area (Å²) < 4.78 is 5.68. The molecule has 1 aliphatic heterocycles. The smallest absolute Gasteiger partial charge is 0.279 e. The lowest BCUT2D eigenvalue weighted by Crippen LogP contribution is -2.62. The number of amides is 3. The second-order valence-corrected chi connectivity index (χ2v) is 7.20. The number of hydrogen-bond acceptors (Lipinski definition) is 5. The number of hydrazine groups is 1. The second-order valence-electron chi connectivity index (χ2n) is 6.40. The molecule has 150 valence electrons. The Bertz CT molecular complexity index is 980. The number of carbonyl (C=O) groups excluding carboxylic acids is 3. The van der Waals surface area contributed by atoms with E-state index in [4.69, 9.17) is 28.6 Å². The van der Waals surface area contributed by atoms with Crippen LogP contribution in [0, 0.1) is 6.92 Å². The summed E-state index contributed by atoms with van der Waals surface area (Å²) in [6.45, 7) is 3.42. The van der Waals surface area contributed by atoms with E-state index in [2.05, 4.69) is 5.43 Å². The molecule has 1 atom stereocenters. The third kappa shape index (κ3) is 4.55. The fraction of sp³-hybridized carbons (Fsp3) is 0.200. The van der Waals surface area contributed by atoms with Crippen molar-refractivity contribution >= 4 is 52.3 Å². The predicted octanol–water partition coefficient (Wildman–Crippen LogP) is 3.00. The minimum absolute atomic E-state index is 0.148. The van der Waals surface area contributed by atoms with Crippen LogP contribution in [-0.4, -0.2) is 33.9 Å². The first kappa shape index (κ1) is 20.8. The number of ether oxygens (including phenoxy) is 1. The standard InChI is InChI=1S/C20H18ClN3O4S/c1-12-5-3-4-6-16(12)28-13(2)19(27)22-24-18(26)11-17(25)23(20(24)29)15-9-7-14(21)8-10-15/h3-10,13H,11H2,1-2H3,(H,22,27). The van der Waals surface area contributed by atoms with E-state index in [1.54, 1.807) is 43.3 Å². The number of anilines is 1. The van der Waals surface area contributed by atoms with Gasteiger partial charge < -0.3 is 4.74 Å². The summed E-state index contributed by atoms with van der Waals surface area (Å²) in [7, 11) is 0. The molecule has 9 heteroatoms. The molecule has 29 heavy (non-hydrogen) atoms. The number of rotatable bonds is 5. The Kier molecular flexibility index (Phi) is 6.14. The molecule has 0 saturated carbocycles. The third-order valence-electron chi connectivity index (χ3n) is 4.26. The summed E-state index contributed by atoms with van der Waals surface area (Å²) in [5.74, 6) is -1.13. The van der Waals surface area contributed by atoms with Gasteiger partial charge in [0.25, 0.3) is 11.8 Å². The van der Waals surface area contributed by atoms with Crippen LogP contribution >= 0.6 is 23.8 Å². The fourth-order valence-electron chi connectivity index (χ4n) is 2.69. The van der Waals surface area contributed by atoms with Gasteiger partial charge in [-0.3, -0.25) is 24.7 Å². The Morgan fingerprint density at radius 3 is 2.45 bits per heavy atom. The van der Waals surface area contributed by atoms with Gasteiger partial charge in [0.1, 0.15) is 12.2 Å². The zero-order valence-electron chi connectivity index (χ0n) is 15.7. The minimum Gasteiger partial charge on any atom is -0.481 e. The number of carbonyl (C=O) groups is 3. The van der Waals surface area contributed by atoms with Crippen LogP contribution in [0.5, 0.6) is 5.75 Å². The number of para-hydroxylation sites is 1. The molecule has 1 saturated heterocycles. The van der Waals surface area contributed by atoms with E-state index in [1.807, 2.05) is 19.1 Å². The lowest BCUT2D eigenvalue weighted by molar-refractivity contribution is -0.142. The van der Waals surface area contributed by atoms with Crippen LogP contribution in [-0.2, 0) is 14.4 Å². The van der Waals surface area contributed by atoms with Gasteiger partial charge in [-0.2, -0.15) is 5.01 Å². The highest BCUT2D eigenvalue weighted by Gasteiger charge is 2.37. The normalized spacial score (nSPS) is 15.3. The van der Waals surface area contributed by atoms with E-state index < -0.39 is 30.2 Å². The molecule has 3 rings (SSSR count). The first-order chi connectivity index (χ1) is 13.8. The van der Waals surface area contributed by atoms with Crippen molar-refractivity contribution in [3.63, 3.8) is 0 Å². The highest BCUT2D eigenvalue weighted by atomic mass is 35.5. The zero-order valence-corrected chi connectivity index (χ0v) is 17.3. The van der Waals surface area contributed by atoms with Crippen LogP contribution in [0.25, 0.3) is 0 Å². The summed E-state index contributed by atoms with van der Waals surface area (Å²) in [5, 5.41) is 1.24. The second kappa shape index (κ2) is 8.59. The number of nitrogens with one attached hydrogen (secondary N) is 1. The monoisotopic (exact) mass is 431 g/mol. The summed E-state index contributed by atoms with van der Waals surface area (Å²) in [6.07, 6.45) is -1.33. The van der Waals surface area contributed by atoms with E-state index in [-0.39, 0.29) is 5.11 Å². The van der Waals surface area contributed by atoms with Crippen molar-refractivity contribution in [2.45, 2.75) is 26.4 Å². The quantitative estimate of drug-likeness (QED) is 0.581. The Hall–Kier alpha value is -2.97. The van der Waals surface area contributed by atoms with E-state index in [0.717, 1.165) is 10.6 Å². The lowest BCUT2D eigenvalue weighted by atomic mass is 10.2. The largest absolute Gasteiger partial charge is 0.481 e. The highest BCUT2D eigenvalue weighted by molar-refractivity contribution is 7.80. The van der Waals surface area contributed by atoms with Gasteiger partial charge in [0.2, 0.25) is 11.0 Å². The molecule has 0 aliphatic carbocycles. The van der Waals surface area contributed by atoms with Crippen LogP contribution in [0.1, 0.15) is 18.9 Å². The van der Waals surface area contributed by atoms with E-state index >= 15 is 0 Å². The van der Waals surface area contributed by atoms with Crippen molar-refractivity contribution in [2.24, 2.45) is 0 Å². The molecule has 1 heterocycles. The number of halogens is 1. The minimum atomic E-state index is -0.895. The van der Waals surface area contributed by atoms with Gasteiger partial charge in [0, 0.05) is 5.02 Å². The number of benzene rings is 2. The van der Waals surface area contributed by atoms with Crippen molar-refractivity contribution in [3.8, 4) is 5.75 Å². The summed E-state index contributed by atoms with van der Waals surface area (Å²) in [6, 6.07) is 13.7. The molecule has 0 spiro atoms. The van der Waals surface area contributed by atoms with Crippen LogP contribution in [0.2, 0.25) is 5.02 Å². The molecule has 3 amide bonds. The molecule has 1 N–H and O–H groups in total. The zero-order chi connectivity index (χ0) is 21.1. The first-order valence-corrected chi connectivity index (χ1v) is 9.55. The SMILES string of the molecule is Cc1ccccc1OC(C)C(=O)NN1C(=O)CC(=O)N(c2ccc(Cl)cc2)C1=S. The Balaban J connectivity index is 1.74. The fourth-order valence-corrected chi connectivity index (χ4v) is 3.17. The van der Waals surface area contributed by atoms with Gasteiger partial charge >= 0.3 is 0 Å². The molecular weight excluding hydrogens is 414 g/mol. The van der Waals surface area contributed by atoms with E-state index in [9.17, 15) is 14.4 Å². The number of aryl methyl sites for hydroxylation is 1. The van der Waals surface area contributed by atoms with Crippen molar-refractivity contribution in [2.75, 3.05) is 4.90 Å². The Morgan fingerprint density at radius 2 is 1.79 bits per heavy atom. The van der Waals surface area contributed by atoms with Crippen LogP contribution in [0.3, 0.4) is 0 Å². The Morgan fingerprint density at radius 1 is 1.14 bits per heavy atom. The average Bonchev–Trinajstić information content (AvgIpc) is 2.68. The van der Waals surface area contributed by atoms with Crippen LogP contribution in [0.4, 0.5) is 5.69 Å². The van der Waals surface area contributed by atoms with E-state index in [0.29, 0.717) is 16.5 Å². The number of nitrogens with zero attached hydrogens (tertiary/aromatic N) is 2. The number of thiocarbonyl (C=S) groups is 1. The first-order valence-electron chi connectivity index (χ1n) is 8.76. The van der Waals surface area contributed by atoms with Gasteiger partial charge in [0.05, 0.1) is 5.69 Å². The van der Waals surface area contributed by atoms with Gasteiger partial charge in [-0.05, 0) is 62.0 Å². The maximum atomic E-state index is 12.6. The van der Waals surface area contributed by atoms with E-state index in [1.165, 1.54) is 4.90 Å². The van der Waals surface area contributed by atoms with Crippen LogP contribution in [0.15, 0.2) is 48.5 Å². The summed E-state index contributed by atoms with van der Waals surface area (Å²) in [4.78, 5) is 38.5. The highest BCUT2D eigenvalue weighted by Crippen LogP contribution is 2.23. The molecule has 1 fully saturated rings. The molecule has 7 nitrogen and oxygen atoms in total. The van der Waals surface area contributed by atoms with Crippen molar-refractivity contribution in [1.29, 1.82) is 0 Å². The molecule has 1 unspecified atom stereocenters. The molecular formula is C20H18ClN3O4S. The van der Waals surface area contributed by atoms with Gasteiger partial charge in [0.15, 0.2) is 6.10 Å². The summed E-state index contributed by atoms with van der Waals surface area (Å²) in [5.41, 5.74) is 3.76. The molecule has 0 bridgehead atoms. The van der Waals surface area contributed by atoms with Crippen molar-refractivity contribution in [3.05, 3.63) is 59.1 Å². The average molecular weight is 432 g/mol. The molecule has 0 radical (unpaired) electrons. The van der Waals surface area contributed by atoms with Gasteiger partial charge in [-0.1, -0.05) is 29.8 Å². The predicted molar refractivity (Wildman–Crippen MR) is 112 cm³/mol. The number of hydrogen-bond donors (Lipinski definition) is 1. The summed E-state index contributed by atoms with van der Waals surface area (Å²) >= 11 is 11.2. The van der Waals surface area contributed by atoms with Gasteiger partial charge in [-0.15, -0.1) is 0 Å². The topological polar surface area (TPSA) is 79.0 Å². The maximum absolute atomic E-state index is 12.6. The molecule has 1 aliphatic rings. The van der Waals surface area contributed by atoms with Crippen LogP contribution < -0.4 is 15.1 Å². The van der Waals surface area contributed by atoms with Gasteiger partial charge in [-0.25, -0.2) is 0 Å².